The normalized spacial score (nSPS) is 24.5. The maximum atomic E-state index is 6.58. The summed E-state index contributed by atoms with van der Waals surface area (Å²) in [6.45, 7) is 10.1. The van der Waals surface area contributed by atoms with Gasteiger partial charge in [-0.15, -0.1) is 0 Å². The number of nitrogens with zero attached hydrogens (tertiary/aromatic N) is 1. The Hall–Kier alpha value is -0.120. The van der Waals surface area contributed by atoms with Gasteiger partial charge >= 0.3 is 0 Å². The van der Waals surface area contributed by atoms with Crippen molar-refractivity contribution in [2.45, 2.75) is 64.5 Å². The first-order valence-electron chi connectivity index (χ1n) is 7.55. The maximum Gasteiger partial charge on any atom is 0.0465 e. The van der Waals surface area contributed by atoms with E-state index in [0.717, 1.165) is 19.4 Å². The second-order valence-electron chi connectivity index (χ2n) is 6.04. The molecule has 1 rings (SSSR count). The summed E-state index contributed by atoms with van der Waals surface area (Å²) in [6.07, 6.45) is 6.22. The largest absolute Gasteiger partial charge is 0.385 e. The van der Waals surface area contributed by atoms with Crippen LogP contribution in [0.3, 0.4) is 0 Å². The fourth-order valence-electron chi connectivity index (χ4n) is 3.17. The Morgan fingerprint density at radius 3 is 2.39 bits per heavy atom. The van der Waals surface area contributed by atoms with Crippen LogP contribution in [0.4, 0.5) is 0 Å². The summed E-state index contributed by atoms with van der Waals surface area (Å²) in [5.41, 5.74) is 6.73. The van der Waals surface area contributed by atoms with Crippen LogP contribution in [0.2, 0.25) is 0 Å². The monoisotopic (exact) mass is 256 g/mol. The quantitative estimate of drug-likeness (QED) is 0.761. The molecule has 1 saturated heterocycles. The Labute approximate surface area is 113 Å². The van der Waals surface area contributed by atoms with E-state index in [2.05, 4.69) is 25.7 Å². The third-order valence-electron chi connectivity index (χ3n) is 4.90. The Morgan fingerprint density at radius 2 is 1.89 bits per heavy atom. The van der Waals surface area contributed by atoms with Crippen molar-refractivity contribution in [2.24, 2.45) is 11.7 Å². The van der Waals surface area contributed by atoms with Crippen LogP contribution in [0.25, 0.3) is 0 Å². The Morgan fingerprint density at radius 1 is 1.28 bits per heavy atom. The molecule has 1 fully saturated rings. The van der Waals surface area contributed by atoms with Gasteiger partial charge in [-0.25, -0.2) is 0 Å². The van der Waals surface area contributed by atoms with Crippen LogP contribution in [0.15, 0.2) is 0 Å². The number of methoxy groups -OCH3 is 1. The molecule has 0 amide bonds. The lowest BCUT2D eigenvalue weighted by Crippen LogP contribution is -2.61. The van der Waals surface area contributed by atoms with Gasteiger partial charge in [0.25, 0.3) is 0 Å². The minimum Gasteiger partial charge on any atom is -0.385 e. The Bertz CT molecular complexity index is 229. The van der Waals surface area contributed by atoms with Gasteiger partial charge < -0.3 is 10.5 Å². The predicted octanol–water partition coefficient (Wildman–Crippen LogP) is 2.64. The molecule has 108 valence electrons. The number of ether oxygens (including phenoxy) is 1. The molecule has 0 radical (unpaired) electrons. The van der Waals surface area contributed by atoms with Crippen molar-refractivity contribution in [2.75, 3.05) is 26.8 Å². The van der Waals surface area contributed by atoms with Gasteiger partial charge in [0.15, 0.2) is 0 Å². The van der Waals surface area contributed by atoms with E-state index < -0.39 is 0 Å². The first-order valence-corrected chi connectivity index (χ1v) is 7.55. The first kappa shape index (κ1) is 15.9. The highest BCUT2D eigenvalue weighted by molar-refractivity contribution is 4.97. The van der Waals surface area contributed by atoms with Gasteiger partial charge in [-0.1, -0.05) is 20.3 Å². The van der Waals surface area contributed by atoms with Crippen LogP contribution in [0.5, 0.6) is 0 Å². The fraction of sp³-hybridized carbons (Fsp3) is 1.00. The van der Waals surface area contributed by atoms with Gasteiger partial charge in [0.05, 0.1) is 0 Å². The SMILES string of the molecule is CCC(C)(C(N)C(C)CCOC)N1CCCCC1. The topological polar surface area (TPSA) is 38.5 Å². The van der Waals surface area contributed by atoms with Gasteiger partial charge in [0.1, 0.15) is 0 Å². The highest BCUT2D eigenvalue weighted by Gasteiger charge is 2.38. The van der Waals surface area contributed by atoms with Gasteiger partial charge in [-0.3, -0.25) is 4.90 Å². The number of hydrogen-bond donors (Lipinski definition) is 1. The van der Waals surface area contributed by atoms with E-state index in [9.17, 15) is 0 Å². The van der Waals surface area contributed by atoms with Crippen molar-refractivity contribution in [3.63, 3.8) is 0 Å². The molecule has 3 nitrogen and oxygen atoms in total. The van der Waals surface area contributed by atoms with E-state index >= 15 is 0 Å². The van der Waals surface area contributed by atoms with E-state index in [-0.39, 0.29) is 11.6 Å². The minimum atomic E-state index is 0.146. The molecule has 3 atom stereocenters. The van der Waals surface area contributed by atoms with Crippen molar-refractivity contribution in [3.8, 4) is 0 Å². The molecule has 0 aromatic rings. The van der Waals surface area contributed by atoms with Gasteiger partial charge in [-0.2, -0.15) is 0 Å². The summed E-state index contributed by atoms with van der Waals surface area (Å²) < 4.78 is 5.19. The van der Waals surface area contributed by atoms with Crippen molar-refractivity contribution < 1.29 is 4.74 Å². The molecule has 0 spiro atoms. The second-order valence-corrected chi connectivity index (χ2v) is 6.04. The summed E-state index contributed by atoms with van der Waals surface area (Å²) in [6, 6.07) is 0.232. The summed E-state index contributed by atoms with van der Waals surface area (Å²) in [5.74, 6) is 0.511. The van der Waals surface area contributed by atoms with E-state index in [1.54, 1.807) is 7.11 Å². The van der Waals surface area contributed by atoms with Gasteiger partial charge in [0, 0.05) is 25.3 Å². The van der Waals surface area contributed by atoms with E-state index in [4.69, 9.17) is 10.5 Å². The second kappa shape index (κ2) is 7.46. The molecule has 3 heteroatoms. The molecule has 18 heavy (non-hydrogen) atoms. The average Bonchev–Trinajstić information content (AvgIpc) is 2.43. The highest BCUT2D eigenvalue weighted by atomic mass is 16.5. The standard InChI is InChI=1S/C15H32N2O/c1-5-15(3,17-10-7-6-8-11-17)14(16)13(2)9-12-18-4/h13-14H,5-12,16H2,1-4H3. The summed E-state index contributed by atoms with van der Waals surface area (Å²) in [5, 5.41) is 0. The number of piperidine rings is 1. The van der Waals surface area contributed by atoms with E-state index in [0.29, 0.717) is 5.92 Å². The lowest BCUT2D eigenvalue weighted by Gasteiger charge is -2.48. The third-order valence-corrected chi connectivity index (χ3v) is 4.90. The van der Waals surface area contributed by atoms with Crippen LogP contribution in [0.1, 0.15) is 52.9 Å². The third kappa shape index (κ3) is 3.69. The summed E-state index contributed by atoms with van der Waals surface area (Å²) in [4.78, 5) is 2.63. The van der Waals surface area contributed by atoms with Crippen molar-refractivity contribution in [3.05, 3.63) is 0 Å². The molecule has 1 aliphatic rings. The number of likely N-dealkylation sites (tertiary alicyclic amines) is 1. The van der Waals surface area contributed by atoms with Crippen LogP contribution >= 0.6 is 0 Å². The molecule has 0 saturated carbocycles. The van der Waals surface area contributed by atoms with Crippen molar-refractivity contribution in [1.82, 2.24) is 4.90 Å². The zero-order valence-corrected chi connectivity index (χ0v) is 12.7. The Kier molecular flexibility index (Phi) is 6.61. The summed E-state index contributed by atoms with van der Waals surface area (Å²) in [7, 11) is 1.77. The van der Waals surface area contributed by atoms with Gasteiger partial charge in [-0.05, 0) is 51.6 Å². The van der Waals surface area contributed by atoms with E-state index in [1.165, 1.54) is 32.4 Å². The fourth-order valence-corrected chi connectivity index (χ4v) is 3.17. The van der Waals surface area contributed by atoms with Crippen LogP contribution in [-0.4, -0.2) is 43.3 Å². The van der Waals surface area contributed by atoms with Crippen molar-refractivity contribution >= 4 is 0 Å². The van der Waals surface area contributed by atoms with Gasteiger partial charge in [0.2, 0.25) is 0 Å². The molecular formula is C15H32N2O. The summed E-state index contributed by atoms with van der Waals surface area (Å²) >= 11 is 0. The lowest BCUT2D eigenvalue weighted by molar-refractivity contribution is 0.0336. The number of hydrogen-bond acceptors (Lipinski definition) is 3. The molecule has 0 aliphatic carbocycles. The Balaban J connectivity index is 2.65. The van der Waals surface area contributed by atoms with Crippen LogP contribution < -0.4 is 5.73 Å². The molecule has 1 aliphatic heterocycles. The van der Waals surface area contributed by atoms with Crippen LogP contribution in [-0.2, 0) is 4.74 Å². The van der Waals surface area contributed by atoms with Crippen LogP contribution in [0, 0.1) is 5.92 Å². The van der Waals surface area contributed by atoms with Crippen molar-refractivity contribution in [1.29, 1.82) is 0 Å². The molecular weight excluding hydrogens is 224 g/mol. The zero-order valence-electron chi connectivity index (χ0n) is 12.7. The number of rotatable bonds is 7. The number of nitrogens with two attached hydrogens (primary N) is 1. The lowest BCUT2D eigenvalue weighted by atomic mass is 9.79. The predicted molar refractivity (Wildman–Crippen MR) is 77.8 cm³/mol. The van der Waals surface area contributed by atoms with E-state index in [1.807, 2.05) is 0 Å². The highest BCUT2D eigenvalue weighted by Crippen LogP contribution is 2.30. The molecule has 0 aromatic carbocycles. The first-order chi connectivity index (χ1) is 8.56. The zero-order chi connectivity index (χ0) is 13.6. The molecule has 0 bridgehead atoms. The molecule has 1 heterocycles. The maximum absolute atomic E-state index is 6.58. The average molecular weight is 256 g/mol. The minimum absolute atomic E-state index is 0.146. The molecule has 3 unspecified atom stereocenters. The smallest absolute Gasteiger partial charge is 0.0465 e. The molecule has 2 N–H and O–H groups in total. The molecule has 0 aromatic heterocycles.